The van der Waals surface area contributed by atoms with Gasteiger partial charge in [0.25, 0.3) is 0 Å². The number of amides is 1. The van der Waals surface area contributed by atoms with Gasteiger partial charge in [0.1, 0.15) is 6.04 Å². The lowest BCUT2D eigenvalue weighted by atomic mass is 10.1. The number of nitrogens with two attached hydrogens (primary N) is 1. The Labute approximate surface area is 178 Å². The molecule has 0 radical (unpaired) electrons. The Bertz CT molecular complexity index is 710. The van der Waals surface area contributed by atoms with E-state index >= 15 is 0 Å². The molecule has 2 atom stereocenters. The average molecular weight is 424 g/mol. The molecule has 0 saturated carbocycles. The van der Waals surface area contributed by atoms with E-state index in [1.165, 1.54) is 5.56 Å². The summed E-state index contributed by atoms with van der Waals surface area (Å²) in [6.07, 6.45) is 3.26. The van der Waals surface area contributed by atoms with Crippen molar-refractivity contribution in [3.05, 3.63) is 64.1 Å². The lowest BCUT2D eigenvalue weighted by molar-refractivity contribution is -0.122. The largest absolute Gasteiger partial charge is 0.374 e. The van der Waals surface area contributed by atoms with Gasteiger partial charge in [0, 0.05) is 18.3 Å². The summed E-state index contributed by atoms with van der Waals surface area (Å²) in [6.45, 7) is 6.63. The van der Waals surface area contributed by atoms with E-state index in [4.69, 9.17) is 28.9 Å². The molecule has 1 amide bonds. The number of unbranched alkanes of at least 4 members (excludes halogenated alkanes) is 1. The van der Waals surface area contributed by atoms with Crippen molar-refractivity contribution in [3.63, 3.8) is 0 Å². The summed E-state index contributed by atoms with van der Waals surface area (Å²) < 4.78 is 0. The predicted molar refractivity (Wildman–Crippen MR) is 121 cm³/mol. The topological polar surface area (TPSA) is 67.2 Å². The molecule has 6 heteroatoms. The van der Waals surface area contributed by atoms with Crippen LogP contribution in [0.2, 0.25) is 10.0 Å². The van der Waals surface area contributed by atoms with Crippen LogP contribution in [0.4, 0.5) is 5.69 Å². The van der Waals surface area contributed by atoms with Crippen molar-refractivity contribution in [2.75, 3.05) is 5.32 Å². The fraction of sp³-hybridized carbons (Fsp3) is 0.409. The Morgan fingerprint density at radius 3 is 2.29 bits per heavy atom. The summed E-state index contributed by atoms with van der Waals surface area (Å²) in [4.78, 5) is 12.0. The molecule has 2 rings (SSSR count). The van der Waals surface area contributed by atoms with E-state index in [1.54, 1.807) is 18.2 Å². The number of hydrogen-bond donors (Lipinski definition) is 3. The van der Waals surface area contributed by atoms with E-state index in [2.05, 4.69) is 17.6 Å². The minimum Gasteiger partial charge on any atom is -0.374 e. The molecule has 0 bridgehead atoms. The Morgan fingerprint density at radius 1 is 1.07 bits per heavy atom. The quantitative estimate of drug-likeness (QED) is 0.514. The van der Waals surface area contributed by atoms with Gasteiger partial charge in [-0.3, -0.25) is 4.79 Å². The number of benzene rings is 2. The van der Waals surface area contributed by atoms with Crippen molar-refractivity contribution < 1.29 is 4.79 Å². The Kier molecular flexibility index (Phi) is 11.7. The molecule has 154 valence electrons. The zero-order chi connectivity index (χ0) is 20.9. The van der Waals surface area contributed by atoms with E-state index in [0.29, 0.717) is 16.6 Å². The number of hydrogen-bond acceptors (Lipinski definition) is 3. The van der Waals surface area contributed by atoms with Crippen molar-refractivity contribution in [3.8, 4) is 0 Å². The smallest absolute Gasteiger partial charge is 0.242 e. The van der Waals surface area contributed by atoms with E-state index in [-0.39, 0.29) is 18.0 Å². The van der Waals surface area contributed by atoms with Crippen LogP contribution in [0, 0.1) is 0 Å². The molecule has 0 saturated heterocycles. The van der Waals surface area contributed by atoms with Gasteiger partial charge < -0.3 is 16.4 Å². The van der Waals surface area contributed by atoms with Crippen LogP contribution in [-0.4, -0.2) is 18.0 Å². The van der Waals surface area contributed by atoms with Gasteiger partial charge in [-0.15, -0.1) is 0 Å². The standard InChI is InChI=1S/C15H22Cl2N2O.C7H9N/c1-4-5-6-10(2)18-15(20)11(3)19-12-7-8-13(16)14(17)9-12;8-6-7-4-2-1-3-5-7/h7-11,19H,4-6H2,1-3H3,(H,18,20);1-5H,6,8H2/t10?,11-;/m0./s1. The van der Waals surface area contributed by atoms with Gasteiger partial charge in [-0.2, -0.15) is 0 Å². The number of nitrogens with one attached hydrogen (secondary N) is 2. The zero-order valence-electron chi connectivity index (χ0n) is 16.8. The molecule has 0 spiro atoms. The third-order valence-corrected chi connectivity index (χ3v) is 4.89. The number of rotatable bonds is 8. The van der Waals surface area contributed by atoms with Crippen LogP contribution < -0.4 is 16.4 Å². The van der Waals surface area contributed by atoms with Crippen molar-refractivity contribution in [2.45, 2.75) is 58.7 Å². The maximum atomic E-state index is 12.0. The van der Waals surface area contributed by atoms with Gasteiger partial charge in [-0.25, -0.2) is 0 Å². The van der Waals surface area contributed by atoms with Crippen molar-refractivity contribution in [2.24, 2.45) is 5.73 Å². The summed E-state index contributed by atoms with van der Waals surface area (Å²) >= 11 is 11.8. The molecule has 0 aliphatic heterocycles. The average Bonchev–Trinajstić information content (AvgIpc) is 2.70. The number of carbonyl (C=O) groups excluding carboxylic acids is 1. The SMILES string of the molecule is CCCCC(C)NC(=O)[C@H](C)Nc1ccc(Cl)c(Cl)c1.NCc1ccccc1. The number of halogens is 2. The summed E-state index contributed by atoms with van der Waals surface area (Å²) in [6, 6.07) is 15.1. The zero-order valence-corrected chi connectivity index (χ0v) is 18.4. The Morgan fingerprint density at radius 2 is 1.75 bits per heavy atom. The van der Waals surface area contributed by atoms with Crippen LogP contribution >= 0.6 is 23.2 Å². The summed E-state index contributed by atoms with van der Waals surface area (Å²) in [5.74, 6) is -0.0142. The third kappa shape index (κ3) is 9.45. The van der Waals surface area contributed by atoms with Crippen molar-refractivity contribution in [1.82, 2.24) is 5.32 Å². The van der Waals surface area contributed by atoms with Gasteiger partial charge in [-0.05, 0) is 44.0 Å². The monoisotopic (exact) mass is 423 g/mol. The van der Waals surface area contributed by atoms with Crippen LogP contribution in [0.25, 0.3) is 0 Å². The molecule has 0 aliphatic rings. The molecular formula is C22H31Cl2N3O. The third-order valence-electron chi connectivity index (χ3n) is 4.15. The molecule has 1 unspecified atom stereocenters. The molecule has 0 aliphatic carbocycles. The van der Waals surface area contributed by atoms with E-state index < -0.39 is 0 Å². The highest BCUT2D eigenvalue weighted by Gasteiger charge is 2.15. The molecule has 4 nitrogen and oxygen atoms in total. The molecule has 4 N–H and O–H groups in total. The maximum absolute atomic E-state index is 12.0. The lowest BCUT2D eigenvalue weighted by Gasteiger charge is -2.19. The molecule has 0 aromatic heterocycles. The lowest BCUT2D eigenvalue weighted by Crippen LogP contribution is -2.42. The number of anilines is 1. The summed E-state index contributed by atoms with van der Waals surface area (Å²) in [5, 5.41) is 7.09. The highest BCUT2D eigenvalue weighted by molar-refractivity contribution is 6.42. The predicted octanol–water partition coefficient (Wildman–Crippen LogP) is 5.63. The van der Waals surface area contributed by atoms with Crippen molar-refractivity contribution >= 4 is 34.8 Å². The van der Waals surface area contributed by atoms with Crippen LogP contribution in [0.15, 0.2) is 48.5 Å². The highest BCUT2D eigenvalue weighted by atomic mass is 35.5. The minimum atomic E-state index is -0.323. The van der Waals surface area contributed by atoms with Crippen LogP contribution in [0.5, 0.6) is 0 Å². The van der Waals surface area contributed by atoms with Crippen molar-refractivity contribution in [1.29, 1.82) is 0 Å². The molecule has 0 heterocycles. The first-order valence-corrected chi connectivity index (χ1v) is 10.4. The van der Waals surface area contributed by atoms with Crippen LogP contribution in [0.3, 0.4) is 0 Å². The van der Waals surface area contributed by atoms with Crippen LogP contribution in [-0.2, 0) is 11.3 Å². The van der Waals surface area contributed by atoms with Gasteiger partial charge in [0.2, 0.25) is 5.91 Å². The van der Waals surface area contributed by atoms with Gasteiger partial charge >= 0.3 is 0 Å². The van der Waals surface area contributed by atoms with Gasteiger partial charge in [-0.1, -0.05) is 73.3 Å². The molecule has 2 aromatic carbocycles. The van der Waals surface area contributed by atoms with Gasteiger partial charge in [0.15, 0.2) is 0 Å². The second kappa shape index (κ2) is 13.4. The first-order valence-electron chi connectivity index (χ1n) is 9.63. The van der Waals surface area contributed by atoms with E-state index in [9.17, 15) is 4.79 Å². The van der Waals surface area contributed by atoms with Gasteiger partial charge in [0.05, 0.1) is 10.0 Å². The van der Waals surface area contributed by atoms with E-state index in [1.807, 2.05) is 44.2 Å². The highest BCUT2D eigenvalue weighted by Crippen LogP contribution is 2.25. The summed E-state index contributed by atoms with van der Waals surface area (Å²) in [5.41, 5.74) is 7.32. The molecule has 0 fully saturated rings. The van der Waals surface area contributed by atoms with E-state index in [0.717, 1.165) is 24.9 Å². The fourth-order valence-corrected chi connectivity index (χ4v) is 2.76. The van der Waals surface area contributed by atoms with Crippen LogP contribution in [0.1, 0.15) is 45.6 Å². The second-order valence-corrected chi connectivity index (χ2v) is 7.55. The Hall–Kier alpha value is -1.75. The first kappa shape index (κ1) is 24.3. The summed E-state index contributed by atoms with van der Waals surface area (Å²) in [7, 11) is 0. The molecule has 2 aromatic rings. The fourth-order valence-electron chi connectivity index (χ4n) is 2.47. The second-order valence-electron chi connectivity index (χ2n) is 6.74. The minimum absolute atomic E-state index is 0.0142. The molecular weight excluding hydrogens is 393 g/mol. The Balaban J connectivity index is 0.000000406. The maximum Gasteiger partial charge on any atom is 0.242 e. The first-order chi connectivity index (χ1) is 13.4. The molecule has 28 heavy (non-hydrogen) atoms. The number of carbonyl (C=O) groups is 1. The normalized spacial score (nSPS) is 12.4.